The van der Waals surface area contributed by atoms with E-state index in [4.69, 9.17) is 0 Å². The van der Waals surface area contributed by atoms with Crippen molar-refractivity contribution < 1.29 is 18.0 Å². The second-order valence-corrected chi connectivity index (χ2v) is 6.31. The van der Waals surface area contributed by atoms with E-state index < -0.39 is 17.3 Å². The normalized spacial score (nSPS) is 19.3. The van der Waals surface area contributed by atoms with Crippen molar-refractivity contribution in [1.29, 1.82) is 0 Å². The van der Waals surface area contributed by atoms with Gasteiger partial charge in [0.15, 0.2) is 0 Å². The second kappa shape index (κ2) is 5.83. The average Bonchev–Trinajstić information content (AvgIpc) is 2.91. The van der Waals surface area contributed by atoms with E-state index in [-0.39, 0.29) is 17.8 Å². The molecule has 2 heterocycles. The van der Waals surface area contributed by atoms with Gasteiger partial charge in [-0.1, -0.05) is 20.8 Å². The fourth-order valence-electron chi connectivity index (χ4n) is 2.24. The number of amides is 1. The standard InChI is InChI=1S/C14H19F3N4O/c1-13(2,3)9-7-10(14(15,16)17)20-12(19-9)21(8-22)11-5-4-6-18-11/h7-8,11,18H,4-6H2,1-3H3. The van der Waals surface area contributed by atoms with Gasteiger partial charge in [-0.2, -0.15) is 13.2 Å². The third kappa shape index (κ3) is 3.55. The predicted octanol–water partition coefficient (Wildman–Crippen LogP) is 2.47. The summed E-state index contributed by atoms with van der Waals surface area (Å²) in [7, 11) is 0. The minimum Gasteiger partial charge on any atom is -0.297 e. The molecule has 0 aromatic carbocycles. The smallest absolute Gasteiger partial charge is 0.297 e. The Hall–Kier alpha value is -1.70. The molecular formula is C14H19F3N4O. The van der Waals surface area contributed by atoms with Gasteiger partial charge < -0.3 is 0 Å². The summed E-state index contributed by atoms with van der Waals surface area (Å²) in [5.41, 5.74) is -1.38. The van der Waals surface area contributed by atoms with Crippen LogP contribution in [-0.4, -0.2) is 29.1 Å². The molecular weight excluding hydrogens is 297 g/mol. The van der Waals surface area contributed by atoms with Crippen LogP contribution in [0.4, 0.5) is 19.1 Å². The number of hydrogen-bond acceptors (Lipinski definition) is 4. The van der Waals surface area contributed by atoms with Crippen LogP contribution in [0.2, 0.25) is 0 Å². The van der Waals surface area contributed by atoms with Crippen LogP contribution in [0.15, 0.2) is 6.07 Å². The van der Waals surface area contributed by atoms with Crippen molar-refractivity contribution in [3.8, 4) is 0 Å². The summed E-state index contributed by atoms with van der Waals surface area (Å²) < 4.78 is 39.2. The quantitative estimate of drug-likeness (QED) is 0.870. The van der Waals surface area contributed by atoms with Crippen LogP contribution < -0.4 is 10.2 Å². The van der Waals surface area contributed by atoms with Gasteiger partial charge in [0.1, 0.15) is 5.69 Å². The molecule has 1 aliphatic heterocycles. The van der Waals surface area contributed by atoms with Crippen molar-refractivity contribution in [2.45, 2.75) is 51.4 Å². The van der Waals surface area contributed by atoms with Gasteiger partial charge in [0.2, 0.25) is 12.4 Å². The van der Waals surface area contributed by atoms with Crippen molar-refractivity contribution in [3.05, 3.63) is 17.5 Å². The summed E-state index contributed by atoms with van der Waals surface area (Å²) in [6, 6.07) is 0.939. The van der Waals surface area contributed by atoms with Gasteiger partial charge in [-0.15, -0.1) is 0 Å². The zero-order chi connectivity index (χ0) is 16.5. The summed E-state index contributed by atoms with van der Waals surface area (Å²) in [4.78, 5) is 20.2. The molecule has 1 aromatic heterocycles. The number of anilines is 1. The van der Waals surface area contributed by atoms with Crippen LogP contribution in [0, 0.1) is 0 Å². The number of halogens is 3. The first-order valence-electron chi connectivity index (χ1n) is 7.06. The van der Waals surface area contributed by atoms with Crippen LogP contribution in [0.5, 0.6) is 0 Å². The van der Waals surface area contributed by atoms with Crippen molar-refractivity contribution in [1.82, 2.24) is 15.3 Å². The lowest BCUT2D eigenvalue weighted by Gasteiger charge is -2.26. The number of carbonyl (C=O) groups is 1. The molecule has 0 saturated carbocycles. The first-order chi connectivity index (χ1) is 10.1. The zero-order valence-corrected chi connectivity index (χ0v) is 12.7. The Morgan fingerprint density at radius 2 is 1.91 bits per heavy atom. The van der Waals surface area contributed by atoms with E-state index in [1.54, 1.807) is 20.8 Å². The number of alkyl halides is 3. The van der Waals surface area contributed by atoms with Crippen LogP contribution >= 0.6 is 0 Å². The van der Waals surface area contributed by atoms with E-state index in [1.165, 1.54) is 0 Å². The van der Waals surface area contributed by atoms with Crippen molar-refractivity contribution >= 4 is 12.4 Å². The summed E-state index contributed by atoms with van der Waals surface area (Å²) in [5.74, 6) is -0.214. The van der Waals surface area contributed by atoms with E-state index in [0.29, 0.717) is 19.4 Å². The molecule has 0 bridgehead atoms. The van der Waals surface area contributed by atoms with Crippen LogP contribution in [0.1, 0.15) is 45.0 Å². The molecule has 1 amide bonds. The summed E-state index contributed by atoms with van der Waals surface area (Å²) in [5, 5.41) is 3.06. The maximum atomic E-state index is 13.1. The minimum absolute atomic E-state index is 0.214. The molecule has 0 aliphatic carbocycles. The fourth-order valence-corrected chi connectivity index (χ4v) is 2.24. The van der Waals surface area contributed by atoms with Gasteiger partial charge in [-0.3, -0.25) is 15.0 Å². The molecule has 0 spiro atoms. The lowest BCUT2D eigenvalue weighted by molar-refractivity contribution is -0.141. The van der Waals surface area contributed by atoms with Gasteiger partial charge >= 0.3 is 6.18 Å². The summed E-state index contributed by atoms with van der Waals surface area (Å²) in [6.07, 6.45) is -2.97. The van der Waals surface area contributed by atoms with Crippen LogP contribution in [-0.2, 0) is 16.4 Å². The predicted molar refractivity (Wildman–Crippen MR) is 75.3 cm³/mol. The molecule has 8 heteroatoms. The third-order valence-electron chi connectivity index (χ3n) is 3.49. The highest BCUT2D eigenvalue weighted by Crippen LogP contribution is 2.32. The largest absolute Gasteiger partial charge is 0.433 e. The van der Waals surface area contributed by atoms with Crippen molar-refractivity contribution in [3.63, 3.8) is 0 Å². The number of hydrogen-bond donors (Lipinski definition) is 1. The topological polar surface area (TPSA) is 58.1 Å². The zero-order valence-electron chi connectivity index (χ0n) is 12.7. The number of nitrogens with zero attached hydrogens (tertiary/aromatic N) is 3. The molecule has 0 radical (unpaired) electrons. The highest BCUT2D eigenvalue weighted by atomic mass is 19.4. The van der Waals surface area contributed by atoms with Crippen LogP contribution in [0.25, 0.3) is 0 Å². The van der Waals surface area contributed by atoms with E-state index in [0.717, 1.165) is 17.4 Å². The summed E-state index contributed by atoms with van der Waals surface area (Å²) >= 11 is 0. The molecule has 5 nitrogen and oxygen atoms in total. The molecule has 1 saturated heterocycles. The highest BCUT2D eigenvalue weighted by Gasteiger charge is 2.36. The first kappa shape index (κ1) is 16.7. The van der Waals surface area contributed by atoms with E-state index in [1.807, 2.05) is 0 Å². The molecule has 1 aliphatic rings. The van der Waals surface area contributed by atoms with Gasteiger partial charge in [0.05, 0.1) is 11.9 Å². The number of nitrogens with one attached hydrogen (secondary N) is 1. The minimum atomic E-state index is -4.59. The molecule has 1 fully saturated rings. The maximum absolute atomic E-state index is 13.1. The molecule has 122 valence electrons. The molecule has 1 atom stereocenters. The monoisotopic (exact) mass is 316 g/mol. The highest BCUT2D eigenvalue weighted by molar-refractivity contribution is 5.72. The second-order valence-electron chi connectivity index (χ2n) is 6.31. The SMILES string of the molecule is CC(C)(C)c1cc(C(F)(F)F)nc(N(C=O)C2CCCN2)n1. The molecule has 1 N–H and O–H groups in total. The Morgan fingerprint density at radius 1 is 1.27 bits per heavy atom. The lowest BCUT2D eigenvalue weighted by atomic mass is 9.91. The first-order valence-corrected chi connectivity index (χ1v) is 7.06. The van der Waals surface area contributed by atoms with Crippen molar-refractivity contribution in [2.75, 3.05) is 11.4 Å². The van der Waals surface area contributed by atoms with Crippen LogP contribution in [0.3, 0.4) is 0 Å². The maximum Gasteiger partial charge on any atom is 0.433 e. The van der Waals surface area contributed by atoms with Gasteiger partial charge in [-0.05, 0) is 25.5 Å². The fraction of sp³-hybridized carbons (Fsp3) is 0.643. The molecule has 1 unspecified atom stereocenters. The Balaban J connectivity index is 2.51. The summed E-state index contributed by atoms with van der Waals surface area (Å²) in [6.45, 7) is 6.00. The van der Waals surface area contributed by atoms with E-state index >= 15 is 0 Å². The number of aromatic nitrogens is 2. The molecule has 22 heavy (non-hydrogen) atoms. The Morgan fingerprint density at radius 3 is 2.36 bits per heavy atom. The third-order valence-corrected chi connectivity index (χ3v) is 3.49. The number of carbonyl (C=O) groups excluding carboxylic acids is 1. The Bertz CT molecular complexity index is 516. The Kier molecular flexibility index (Phi) is 4.42. The van der Waals surface area contributed by atoms with Gasteiger partial charge in [0, 0.05) is 5.41 Å². The van der Waals surface area contributed by atoms with Gasteiger partial charge in [0.25, 0.3) is 0 Å². The average molecular weight is 316 g/mol. The molecule has 1 aromatic rings. The lowest BCUT2D eigenvalue weighted by Crippen LogP contribution is -2.42. The molecule has 2 rings (SSSR count). The van der Waals surface area contributed by atoms with E-state index in [9.17, 15) is 18.0 Å². The van der Waals surface area contributed by atoms with Gasteiger partial charge in [-0.25, -0.2) is 9.97 Å². The van der Waals surface area contributed by atoms with Crippen molar-refractivity contribution in [2.24, 2.45) is 0 Å². The Labute approximate surface area is 126 Å². The number of rotatable bonds is 3. The van der Waals surface area contributed by atoms with E-state index in [2.05, 4.69) is 15.3 Å².